The van der Waals surface area contributed by atoms with Crippen molar-refractivity contribution in [3.63, 3.8) is 0 Å². The van der Waals surface area contributed by atoms with Crippen LogP contribution in [0.15, 0.2) is 0 Å². The largest absolute Gasteiger partial charge is 0.330 e. The van der Waals surface area contributed by atoms with Crippen LogP contribution in [0.3, 0.4) is 0 Å². The lowest BCUT2D eigenvalue weighted by atomic mass is 10.1. The highest BCUT2D eigenvalue weighted by Gasteiger charge is 2.05. The van der Waals surface area contributed by atoms with Crippen molar-refractivity contribution < 1.29 is 0 Å². The van der Waals surface area contributed by atoms with Crippen LogP contribution in [0, 0.1) is 5.92 Å². The molecule has 2 heteroatoms. The molecule has 0 aromatic heterocycles. The van der Waals surface area contributed by atoms with Crippen LogP contribution < -0.4 is 5.73 Å². The maximum atomic E-state index is 5.47. The summed E-state index contributed by atoms with van der Waals surface area (Å²) in [5, 5.41) is 0. The van der Waals surface area contributed by atoms with E-state index in [0.29, 0.717) is 0 Å². The number of rotatable bonds is 7. The number of nitrogens with two attached hydrogens (primary N) is 1. The summed E-state index contributed by atoms with van der Waals surface area (Å²) in [6, 6.07) is 0. The van der Waals surface area contributed by atoms with Gasteiger partial charge in [-0.25, -0.2) is 0 Å². The molecule has 0 saturated heterocycles. The molecule has 0 spiro atoms. The molecule has 0 aliphatic carbocycles. The van der Waals surface area contributed by atoms with Gasteiger partial charge in [-0.2, -0.15) is 0 Å². The Labute approximate surface area is 77.1 Å². The topological polar surface area (TPSA) is 29.3 Å². The summed E-state index contributed by atoms with van der Waals surface area (Å²) in [7, 11) is 0. The minimum Gasteiger partial charge on any atom is -0.330 e. The van der Waals surface area contributed by atoms with Crippen molar-refractivity contribution in [1.82, 2.24) is 4.90 Å². The zero-order chi connectivity index (χ0) is 9.40. The average molecular weight is 172 g/mol. The van der Waals surface area contributed by atoms with Crippen LogP contribution in [0.2, 0.25) is 0 Å². The monoisotopic (exact) mass is 172 g/mol. The zero-order valence-corrected chi connectivity index (χ0v) is 8.84. The van der Waals surface area contributed by atoms with Gasteiger partial charge in [0, 0.05) is 6.54 Å². The SMILES string of the molecule is CCC(C)CN(CC)CCCN. The molecule has 0 bridgehead atoms. The van der Waals surface area contributed by atoms with E-state index in [2.05, 4.69) is 25.7 Å². The van der Waals surface area contributed by atoms with Gasteiger partial charge in [0.1, 0.15) is 0 Å². The van der Waals surface area contributed by atoms with Gasteiger partial charge in [-0.1, -0.05) is 27.2 Å². The first-order chi connectivity index (χ1) is 5.74. The molecule has 0 radical (unpaired) electrons. The summed E-state index contributed by atoms with van der Waals surface area (Å²) < 4.78 is 0. The Morgan fingerprint density at radius 2 is 2.00 bits per heavy atom. The van der Waals surface area contributed by atoms with Gasteiger partial charge in [0.25, 0.3) is 0 Å². The maximum Gasteiger partial charge on any atom is 0.000681 e. The van der Waals surface area contributed by atoms with Crippen LogP contribution in [0.1, 0.15) is 33.6 Å². The Kier molecular flexibility index (Phi) is 7.51. The van der Waals surface area contributed by atoms with E-state index in [4.69, 9.17) is 5.73 Å². The second-order valence-electron chi connectivity index (χ2n) is 3.55. The molecule has 0 aliphatic rings. The highest BCUT2D eigenvalue weighted by molar-refractivity contribution is 4.60. The molecule has 0 aliphatic heterocycles. The van der Waals surface area contributed by atoms with Crippen molar-refractivity contribution in [3.8, 4) is 0 Å². The summed E-state index contributed by atoms with van der Waals surface area (Å²) >= 11 is 0. The predicted molar refractivity (Wildman–Crippen MR) is 55.2 cm³/mol. The lowest BCUT2D eigenvalue weighted by Crippen LogP contribution is -2.30. The number of hydrogen-bond donors (Lipinski definition) is 1. The molecule has 2 nitrogen and oxygen atoms in total. The van der Waals surface area contributed by atoms with E-state index in [0.717, 1.165) is 32.0 Å². The average Bonchev–Trinajstić information content (AvgIpc) is 2.11. The van der Waals surface area contributed by atoms with Crippen LogP contribution in [-0.2, 0) is 0 Å². The smallest absolute Gasteiger partial charge is 0.000681 e. The molecule has 1 atom stereocenters. The summed E-state index contributed by atoms with van der Waals surface area (Å²) in [6.07, 6.45) is 2.41. The molecule has 74 valence electrons. The van der Waals surface area contributed by atoms with Crippen molar-refractivity contribution in [2.45, 2.75) is 33.6 Å². The van der Waals surface area contributed by atoms with E-state index in [-0.39, 0.29) is 0 Å². The Bertz CT molecular complexity index is 93.8. The lowest BCUT2D eigenvalue weighted by Gasteiger charge is -2.23. The second kappa shape index (κ2) is 7.56. The summed E-state index contributed by atoms with van der Waals surface area (Å²) in [5.41, 5.74) is 5.47. The molecule has 2 N–H and O–H groups in total. The molecular formula is C10H24N2. The van der Waals surface area contributed by atoms with E-state index >= 15 is 0 Å². The summed E-state index contributed by atoms with van der Waals surface area (Å²) in [6.45, 7) is 11.1. The molecule has 0 saturated carbocycles. The molecule has 0 aromatic rings. The first kappa shape index (κ1) is 11.9. The molecule has 12 heavy (non-hydrogen) atoms. The quantitative estimate of drug-likeness (QED) is 0.633. The van der Waals surface area contributed by atoms with Gasteiger partial charge < -0.3 is 10.6 Å². The van der Waals surface area contributed by atoms with Crippen LogP contribution in [0.25, 0.3) is 0 Å². The van der Waals surface area contributed by atoms with Crippen LogP contribution in [0.4, 0.5) is 0 Å². The highest BCUT2D eigenvalue weighted by Crippen LogP contribution is 2.03. The standard InChI is InChI=1S/C10H24N2/c1-4-10(3)9-12(5-2)8-6-7-11/h10H,4-9,11H2,1-3H3. The van der Waals surface area contributed by atoms with Gasteiger partial charge in [-0.05, 0) is 32.0 Å². The van der Waals surface area contributed by atoms with Crippen molar-refractivity contribution in [1.29, 1.82) is 0 Å². The highest BCUT2D eigenvalue weighted by atomic mass is 15.1. The van der Waals surface area contributed by atoms with Gasteiger partial charge >= 0.3 is 0 Å². The van der Waals surface area contributed by atoms with E-state index in [1.54, 1.807) is 0 Å². The fourth-order valence-electron chi connectivity index (χ4n) is 1.26. The van der Waals surface area contributed by atoms with Crippen LogP contribution in [0.5, 0.6) is 0 Å². The van der Waals surface area contributed by atoms with Gasteiger partial charge in [-0.15, -0.1) is 0 Å². The normalized spacial score (nSPS) is 13.8. The fraction of sp³-hybridized carbons (Fsp3) is 1.00. The third kappa shape index (κ3) is 5.56. The van der Waals surface area contributed by atoms with Gasteiger partial charge in [0.15, 0.2) is 0 Å². The first-order valence-electron chi connectivity index (χ1n) is 5.16. The predicted octanol–water partition coefficient (Wildman–Crippen LogP) is 1.70. The Hall–Kier alpha value is -0.0800. The van der Waals surface area contributed by atoms with Crippen molar-refractivity contribution in [2.24, 2.45) is 11.7 Å². The van der Waals surface area contributed by atoms with Crippen molar-refractivity contribution in [3.05, 3.63) is 0 Å². The lowest BCUT2D eigenvalue weighted by molar-refractivity contribution is 0.244. The number of nitrogens with zero attached hydrogens (tertiary/aromatic N) is 1. The van der Waals surface area contributed by atoms with Crippen LogP contribution >= 0.6 is 0 Å². The Morgan fingerprint density at radius 1 is 1.33 bits per heavy atom. The Balaban J connectivity index is 3.51. The number of hydrogen-bond acceptors (Lipinski definition) is 2. The molecule has 0 fully saturated rings. The minimum absolute atomic E-state index is 0.816. The van der Waals surface area contributed by atoms with Gasteiger partial charge in [-0.3, -0.25) is 0 Å². The van der Waals surface area contributed by atoms with E-state index < -0.39 is 0 Å². The van der Waals surface area contributed by atoms with Gasteiger partial charge in [0.2, 0.25) is 0 Å². The fourth-order valence-corrected chi connectivity index (χ4v) is 1.26. The first-order valence-corrected chi connectivity index (χ1v) is 5.16. The third-order valence-electron chi connectivity index (χ3n) is 2.39. The van der Waals surface area contributed by atoms with Crippen molar-refractivity contribution >= 4 is 0 Å². The van der Waals surface area contributed by atoms with E-state index in [9.17, 15) is 0 Å². The summed E-state index contributed by atoms with van der Waals surface area (Å²) in [4.78, 5) is 2.49. The molecule has 0 amide bonds. The van der Waals surface area contributed by atoms with Crippen molar-refractivity contribution in [2.75, 3.05) is 26.2 Å². The minimum atomic E-state index is 0.816. The maximum absolute atomic E-state index is 5.47. The zero-order valence-electron chi connectivity index (χ0n) is 8.84. The van der Waals surface area contributed by atoms with Gasteiger partial charge in [0.05, 0.1) is 0 Å². The van der Waals surface area contributed by atoms with E-state index in [1.807, 2.05) is 0 Å². The summed E-state index contributed by atoms with van der Waals surface area (Å²) in [5.74, 6) is 0.822. The molecule has 0 aromatic carbocycles. The molecule has 0 rings (SSSR count). The Morgan fingerprint density at radius 3 is 2.42 bits per heavy atom. The molecule has 1 unspecified atom stereocenters. The molecule has 0 heterocycles. The van der Waals surface area contributed by atoms with Crippen LogP contribution in [-0.4, -0.2) is 31.1 Å². The van der Waals surface area contributed by atoms with E-state index in [1.165, 1.54) is 13.0 Å². The second-order valence-corrected chi connectivity index (χ2v) is 3.55. The molecular weight excluding hydrogens is 148 g/mol. The third-order valence-corrected chi connectivity index (χ3v) is 2.39.